The number of aromatic nitrogens is 1. The minimum Gasteiger partial charge on any atom is -0.462 e. The number of hydrogen-bond donors (Lipinski definition) is 0. The van der Waals surface area contributed by atoms with Crippen molar-refractivity contribution in [1.29, 1.82) is 0 Å². The Labute approximate surface area is 139 Å². The number of pyridine rings is 1. The standard InChI is InChI=1S/C14H13F3N2O6/c1-3-24-12(20)8-5-11(19(22)23)10(18-7-8)6-9(14(15,16)17)13(21)25-4-2/h5-7H,3-4H2,1-2H3. The van der Waals surface area contributed by atoms with Crippen LogP contribution in [0.2, 0.25) is 0 Å². The Balaban J connectivity index is 3.45. The summed E-state index contributed by atoms with van der Waals surface area (Å²) in [4.78, 5) is 36.5. The minimum absolute atomic E-state index is 0.00460. The third kappa shape index (κ3) is 5.26. The van der Waals surface area contributed by atoms with Crippen molar-refractivity contribution >= 4 is 23.7 Å². The molecule has 1 rings (SSSR count). The highest BCUT2D eigenvalue weighted by molar-refractivity contribution is 5.96. The summed E-state index contributed by atoms with van der Waals surface area (Å²) in [5.74, 6) is -2.62. The Morgan fingerprint density at radius 2 is 1.88 bits per heavy atom. The number of carbonyl (C=O) groups excluding carboxylic acids is 2. The molecule has 1 aromatic rings. The van der Waals surface area contributed by atoms with Crippen LogP contribution in [-0.4, -0.2) is 41.2 Å². The van der Waals surface area contributed by atoms with Crippen molar-refractivity contribution in [3.05, 3.63) is 39.2 Å². The van der Waals surface area contributed by atoms with Crippen LogP contribution in [0.4, 0.5) is 18.9 Å². The van der Waals surface area contributed by atoms with Gasteiger partial charge >= 0.3 is 18.1 Å². The molecule has 0 spiro atoms. The molecule has 0 atom stereocenters. The molecule has 0 saturated heterocycles. The van der Waals surface area contributed by atoms with Crippen LogP contribution >= 0.6 is 0 Å². The van der Waals surface area contributed by atoms with Gasteiger partial charge in [-0.2, -0.15) is 13.2 Å². The van der Waals surface area contributed by atoms with Crippen molar-refractivity contribution in [3.63, 3.8) is 0 Å². The van der Waals surface area contributed by atoms with Gasteiger partial charge in [0.2, 0.25) is 0 Å². The molecular formula is C14H13F3N2O6. The molecule has 8 nitrogen and oxygen atoms in total. The van der Waals surface area contributed by atoms with Gasteiger partial charge in [-0.1, -0.05) is 0 Å². The monoisotopic (exact) mass is 362 g/mol. The lowest BCUT2D eigenvalue weighted by molar-refractivity contribution is -0.385. The fourth-order valence-electron chi connectivity index (χ4n) is 1.65. The molecule has 11 heteroatoms. The first kappa shape index (κ1) is 20.1. The largest absolute Gasteiger partial charge is 0.462 e. The maximum Gasteiger partial charge on any atom is 0.423 e. The van der Waals surface area contributed by atoms with Crippen molar-refractivity contribution in [2.45, 2.75) is 20.0 Å². The molecule has 0 fully saturated rings. The van der Waals surface area contributed by atoms with Gasteiger partial charge in [0.25, 0.3) is 5.69 Å². The molecule has 0 aliphatic rings. The predicted molar refractivity (Wildman–Crippen MR) is 77.5 cm³/mol. The lowest BCUT2D eigenvalue weighted by atomic mass is 10.1. The average Bonchev–Trinajstić information content (AvgIpc) is 2.51. The zero-order valence-electron chi connectivity index (χ0n) is 13.1. The quantitative estimate of drug-likeness (QED) is 0.331. The van der Waals surface area contributed by atoms with E-state index >= 15 is 0 Å². The van der Waals surface area contributed by atoms with Crippen molar-refractivity contribution in [2.75, 3.05) is 13.2 Å². The first-order valence-electron chi connectivity index (χ1n) is 6.89. The normalized spacial score (nSPS) is 11.8. The topological polar surface area (TPSA) is 109 Å². The average molecular weight is 362 g/mol. The number of esters is 2. The second-order valence-corrected chi connectivity index (χ2v) is 4.38. The number of nitrogens with zero attached hydrogens (tertiary/aromatic N) is 2. The van der Waals surface area contributed by atoms with Crippen molar-refractivity contribution in [3.8, 4) is 0 Å². The molecule has 25 heavy (non-hydrogen) atoms. The molecule has 1 heterocycles. The van der Waals surface area contributed by atoms with Crippen LogP contribution in [0.15, 0.2) is 17.8 Å². The number of alkyl halides is 3. The summed E-state index contributed by atoms with van der Waals surface area (Å²) in [6.07, 6.45) is -4.09. The zero-order valence-corrected chi connectivity index (χ0v) is 13.1. The summed E-state index contributed by atoms with van der Waals surface area (Å²) in [6.45, 7) is 2.49. The van der Waals surface area contributed by atoms with Crippen LogP contribution in [-0.2, 0) is 14.3 Å². The summed E-state index contributed by atoms with van der Waals surface area (Å²) < 4.78 is 47.9. The van der Waals surface area contributed by atoms with Gasteiger partial charge < -0.3 is 9.47 Å². The maximum atomic E-state index is 13.0. The molecule has 136 valence electrons. The van der Waals surface area contributed by atoms with Gasteiger partial charge in [0, 0.05) is 12.3 Å². The highest BCUT2D eigenvalue weighted by Crippen LogP contribution is 2.30. The van der Waals surface area contributed by atoms with Crippen LogP contribution in [0, 0.1) is 10.1 Å². The fraction of sp³-hybridized carbons (Fsp3) is 0.357. The van der Waals surface area contributed by atoms with E-state index in [0.717, 1.165) is 12.3 Å². The molecule has 0 amide bonds. The zero-order chi connectivity index (χ0) is 19.2. The van der Waals surface area contributed by atoms with Gasteiger partial charge in [0.15, 0.2) is 0 Å². The second-order valence-electron chi connectivity index (χ2n) is 4.38. The lowest BCUT2D eigenvalue weighted by Gasteiger charge is -2.10. The Hall–Kier alpha value is -2.98. The van der Waals surface area contributed by atoms with E-state index in [2.05, 4.69) is 14.5 Å². The van der Waals surface area contributed by atoms with Crippen LogP contribution in [0.25, 0.3) is 6.08 Å². The third-order valence-electron chi connectivity index (χ3n) is 2.69. The highest BCUT2D eigenvalue weighted by Gasteiger charge is 2.40. The molecule has 0 aliphatic heterocycles. The second kappa shape index (κ2) is 8.22. The van der Waals surface area contributed by atoms with Gasteiger partial charge in [0.05, 0.1) is 23.7 Å². The first-order valence-corrected chi connectivity index (χ1v) is 6.89. The SMILES string of the molecule is CCOC(=O)C(=Cc1ncc(C(=O)OCC)cc1[N+](=O)[O-])C(F)(F)F. The smallest absolute Gasteiger partial charge is 0.423 e. The number of hydrogen-bond acceptors (Lipinski definition) is 7. The van der Waals surface area contributed by atoms with Gasteiger partial charge in [0.1, 0.15) is 11.3 Å². The third-order valence-corrected chi connectivity index (χ3v) is 2.69. The molecule has 0 unspecified atom stereocenters. The van der Waals surface area contributed by atoms with E-state index in [9.17, 15) is 32.9 Å². The van der Waals surface area contributed by atoms with Gasteiger partial charge in [-0.15, -0.1) is 0 Å². The number of carbonyl (C=O) groups is 2. The first-order chi connectivity index (χ1) is 11.6. The van der Waals surface area contributed by atoms with E-state index in [-0.39, 0.29) is 24.9 Å². The van der Waals surface area contributed by atoms with Crippen molar-refractivity contribution in [2.24, 2.45) is 0 Å². The number of nitro groups is 1. The van der Waals surface area contributed by atoms with E-state index in [1.807, 2.05) is 0 Å². The molecule has 1 aromatic heterocycles. The van der Waals surface area contributed by atoms with Crippen LogP contribution in [0.5, 0.6) is 0 Å². The van der Waals surface area contributed by atoms with E-state index < -0.39 is 40.0 Å². The molecule has 0 bridgehead atoms. The van der Waals surface area contributed by atoms with E-state index in [1.165, 1.54) is 13.8 Å². The molecule has 0 radical (unpaired) electrons. The van der Waals surface area contributed by atoms with Crippen molar-refractivity contribution < 1.29 is 37.2 Å². The molecule has 0 aromatic carbocycles. The highest BCUT2D eigenvalue weighted by atomic mass is 19.4. The Morgan fingerprint density at radius 3 is 2.36 bits per heavy atom. The molecular weight excluding hydrogens is 349 g/mol. The predicted octanol–water partition coefficient (Wildman–Crippen LogP) is 2.68. The van der Waals surface area contributed by atoms with Crippen LogP contribution in [0.1, 0.15) is 29.9 Å². The minimum atomic E-state index is -5.11. The van der Waals surface area contributed by atoms with Gasteiger partial charge in [-0.05, 0) is 19.9 Å². The summed E-state index contributed by atoms with van der Waals surface area (Å²) in [5.41, 5.74) is -3.71. The summed E-state index contributed by atoms with van der Waals surface area (Å²) in [5, 5.41) is 11.1. The van der Waals surface area contributed by atoms with E-state index in [4.69, 9.17) is 0 Å². The number of rotatable bonds is 6. The van der Waals surface area contributed by atoms with E-state index in [1.54, 1.807) is 0 Å². The lowest BCUT2D eigenvalue weighted by Crippen LogP contribution is -2.22. The number of ether oxygens (including phenoxy) is 2. The molecule has 0 aliphatic carbocycles. The molecule has 0 saturated carbocycles. The van der Waals surface area contributed by atoms with Gasteiger partial charge in [-0.25, -0.2) is 14.6 Å². The van der Waals surface area contributed by atoms with Gasteiger partial charge in [-0.3, -0.25) is 10.1 Å². The number of halogens is 3. The van der Waals surface area contributed by atoms with E-state index in [0.29, 0.717) is 0 Å². The Bertz CT molecular complexity index is 715. The summed E-state index contributed by atoms with van der Waals surface area (Å²) in [7, 11) is 0. The maximum absolute atomic E-state index is 13.0. The summed E-state index contributed by atoms with van der Waals surface area (Å²) in [6, 6.07) is 0.718. The van der Waals surface area contributed by atoms with Crippen LogP contribution < -0.4 is 0 Å². The summed E-state index contributed by atoms with van der Waals surface area (Å²) >= 11 is 0. The Kier molecular flexibility index (Phi) is 6.60. The Morgan fingerprint density at radius 1 is 1.28 bits per heavy atom. The van der Waals surface area contributed by atoms with Crippen LogP contribution in [0.3, 0.4) is 0 Å². The van der Waals surface area contributed by atoms with Crippen molar-refractivity contribution in [1.82, 2.24) is 4.98 Å². The fourth-order valence-corrected chi connectivity index (χ4v) is 1.65. The molecule has 0 N–H and O–H groups in total.